The molecule has 80 heavy (non-hydrogen) atoms. The second kappa shape index (κ2) is 61.0. The van der Waals surface area contributed by atoms with E-state index in [2.05, 4.69) is 142 Å². The average molecular weight is 1140 g/mol. The maximum atomic E-state index is 13.0. The van der Waals surface area contributed by atoms with E-state index in [1.54, 1.807) is 0 Å². The van der Waals surface area contributed by atoms with Gasteiger partial charge in [0.25, 0.3) is 0 Å². The van der Waals surface area contributed by atoms with Crippen molar-refractivity contribution < 1.29 is 52.2 Å². The number of unbranched alkanes of at least 4 members (excludes halogenated alkanes) is 20. The molecule has 3 atom stereocenters. The van der Waals surface area contributed by atoms with Gasteiger partial charge < -0.3 is 24.2 Å². The first-order valence-electron chi connectivity index (χ1n) is 31.4. The predicted octanol–water partition coefficient (Wildman–Crippen LogP) is 19.1. The van der Waals surface area contributed by atoms with Crippen molar-refractivity contribution in [2.24, 2.45) is 0 Å². The third-order valence-electron chi connectivity index (χ3n) is 12.8. The van der Waals surface area contributed by atoms with Gasteiger partial charge in [-0.05, 0) is 128 Å². The van der Waals surface area contributed by atoms with E-state index in [1.807, 2.05) is 0 Å². The topological polar surface area (TPSA) is 155 Å². The van der Waals surface area contributed by atoms with Crippen molar-refractivity contribution in [2.75, 3.05) is 26.4 Å². The van der Waals surface area contributed by atoms with Gasteiger partial charge >= 0.3 is 25.7 Å². The van der Waals surface area contributed by atoms with Crippen LogP contribution in [0.4, 0.5) is 0 Å². The SMILES string of the molecule is CC/C=C\C/C=C\C/C=C\C/C=C\CCCCCCCCC(=O)OCC(COP(=O)(O)OCC(CO)OC(=O)CCCCCCCCC/C=C\C/C=C\CCCCC)OC(=O)CCCCCC/C=C\C/C=C\C/C=C\C/C=C\CC. The van der Waals surface area contributed by atoms with Crippen LogP contribution in [0, 0.1) is 0 Å². The third-order valence-corrected chi connectivity index (χ3v) is 13.8. The fraction of sp³-hybridized carbons (Fsp3) is 0.662. The molecule has 0 heterocycles. The van der Waals surface area contributed by atoms with Gasteiger partial charge in [0.2, 0.25) is 0 Å². The molecular weight excluding hydrogens is 1020 g/mol. The van der Waals surface area contributed by atoms with Crippen LogP contribution < -0.4 is 0 Å². The van der Waals surface area contributed by atoms with Crippen molar-refractivity contribution in [3.63, 3.8) is 0 Å². The zero-order valence-corrected chi connectivity index (χ0v) is 51.4. The van der Waals surface area contributed by atoms with E-state index in [0.717, 1.165) is 154 Å². The minimum atomic E-state index is -4.77. The van der Waals surface area contributed by atoms with Crippen molar-refractivity contribution >= 4 is 25.7 Å². The van der Waals surface area contributed by atoms with Crippen molar-refractivity contribution in [2.45, 2.75) is 264 Å². The Morgan fingerprint density at radius 2 is 0.650 bits per heavy atom. The van der Waals surface area contributed by atoms with Gasteiger partial charge in [-0.25, -0.2) is 4.57 Å². The van der Waals surface area contributed by atoms with Crippen molar-refractivity contribution in [1.82, 2.24) is 0 Å². The van der Waals surface area contributed by atoms with Crippen LogP contribution in [-0.4, -0.2) is 66.5 Å². The van der Waals surface area contributed by atoms with Crippen molar-refractivity contribution in [1.29, 1.82) is 0 Å². The number of aliphatic hydroxyl groups excluding tert-OH is 1. The summed E-state index contributed by atoms with van der Waals surface area (Å²) in [4.78, 5) is 48.7. The standard InChI is InChI=1S/C68H113O11P/c1-4-7-10-13-16-19-22-25-28-31-32-35-36-39-42-45-48-51-54-57-66(70)75-61-65(79-68(72)59-56-53-50-47-44-41-38-34-30-27-24-21-18-15-12-9-6-3)63-77-80(73,74)76-62-64(60-69)78-67(71)58-55-52-49-46-43-40-37-33-29-26-23-20-17-14-11-8-5-2/h7,9-10,12,16-21,25-30,32,35,38,41,64-65,69H,4-6,8,11,13-15,22-24,31,33-34,36-37,39-40,42-63H2,1-3H3,(H,73,74)/b10-7-,12-9-,19-16-,20-17-,21-18-,28-25-,29-26-,30-27-,35-32-,41-38-. The minimum Gasteiger partial charge on any atom is -0.462 e. The number of rotatable bonds is 57. The molecule has 0 bridgehead atoms. The van der Waals surface area contributed by atoms with E-state index >= 15 is 0 Å². The summed E-state index contributed by atoms with van der Waals surface area (Å²) in [6, 6.07) is 0. The molecule has 0 saturated heterocycles. The smallest absolute Gasteiger partial charge is 0.462 e. The van der Waals surface area contributed by atoms with Crippen LogP contribution in [0.5, 0.6) is 0 Å². The summed E-state index contributed by atoms with van der Waals surface area (Å²) in [5.41, 5.74) is 0. The molecule has 0 aromatic carbocycles. The number of phosphoric ester groups is 1. The molecule has 0 fully saturated rings. The van der Waals surface area contributed by atoms with E-state index in [0.29, 0.717) is 19.3 Å². The number of ether oxygens (including phenoxy) is 3. The quantitative estimate of drug-likeness (QED) is 0.0197. The zero-order chi connectivity index (χ0) is 58.3. The Labute approximate surface area is 487 Å². The number of esters is 3. The molecule has 0 amide bonds. The van der Waals surface area contributed by atoms with Gasteiger partial charge in [0.05, 0.1) is 19.8 Å². The highest BCUT2D eigenvalue weighted by atomic mass is 31.2. The molecule has 12 heteroatoms. The molecule has 0 spiro atoms. The van der Waals surface area contributed by atoms with Gasteiger partial charge in [0, 0.05) is 19.3 Å². The Morgan fingerprint density at radius 1 is 0.362 bits per heavy atom. The van der Waals surface area contributed by atoms with Crippen molar-refractivity contribution in [3.05, 3.63) is 122 Å². The summed E-state index contributed by atoms with van der Waals surface area (Å²) in [5, 5.41) is 9.85. The summed E-state index contributed by atoms with van der Waals surface area (Å²) < 4.78 is 39.6. The molecule has 0 rings (SSSR count). The van der Waals surface area contributed by atoms with E-state index in [9.17, 15) is 28.9 Å². The minimum absolute atomic E-state index is 0.130. The highest BCUT2D eigenvalue weighted by molar-refractivity contribution is 7.47. The van der Waals surface area contributed by atoms with Gasteiger partial charge in [0.15, 0.2) is 6.10 Å². The lowest BCUT2D eigenvalue weighted by Gasteiger charge is -2.21. The van der Waals surface area contributed by atoms with Crippen LogP contribution in [0.15, 0.2) is 122 Å². The van der Waals surface area contributed by atoms with E-state index in [1.165, 1.54) is 38.5 Å². The summed E-state index contributed by atoms with van der Waals surface area (Å²) in [7, 11) is -4.77. The molecule has 0 saturated carbocycles. The van der Waals surface area contributed by atoms with Crippen LogP contribution >= 0.6 is 7.82 Å². The second-order valence-electron chi connectivity index (χ2n) is 20.5. The maximum Gasteiger partial charge on any atom is 0.472 e. The fourth-order valence-corrected chi connectivity index (χ4v) is 8.92. The van der Waals surface area contributed by atoms with Gasteiger partial charge in [0.1, 0.15) is 12.7 Å². The molecule has 11 nitrogen and oxygen atoms in total. The lowest BCUT2D eigenvalue weighted by molar-refractivity contribution is -0.161. The number of carbonyl (C=O) groups is 3. The Hall–Kier alpha value is -4.12. The number of hydrogen-bond donors (Lipinski definition) is 2. The van der Waals surface area contributed by atoms with Crippen LogP contribution in [0.1, 0.15) is 252 Å². The lowest BCUT2D eigenvalue weighted by Crippen LogP contribution is -2.30. The molecule has 0 aliphatic rings. The van der Waals surface area contributed by atoms with Gasteiger partial charge in [-0.1, -0.05) is 226 Å². The number of phosphoric acid groups is 1. The molecule has 456 valence electrons. The van der Waals surface area contributed by atoms with E-state index in [-0.39, 0.29) is 25.9 Å². The molecule has 3 unspecified atom stereocenters. The van der Waals surface area contributed by atoms with Crippen LogP contribution in [-0.2, 0) is 42.2 Å². The van der Waals surface area contributed by atoms with E-state index < -0.39 is 57.8 Å². The monoisotopic (exact) mass is 1140 g/mol. The molecule has 0 aromatic heterocycles. The second-order valence-corrected chi connectivity index (χ2v) is 21.9. The normalized spacial score (nSPS) is 14.1. The lowest BCUT2D eigenvalue weighted by atomic mass is 10.1. The molecule has 0 aliphatic heterocycles. The fourth-order valence-electron chi connectivity index (χ4n) is 8.13. The molecule has 0 radical (unpaired) electrons. The summed E-state index contributed by atoms with van der Waals surface area (Å²) in [6.45, 7) is 4.35. The maximum absolute atomic E-state index is 13.0. The van der Waals surface area contributed by atoms with Crippen LogP contribution in [0.2, 0.25) is 0 Å². The zero-order valence-electron chi connectivity index (χ0n) is 50.5. The third kappa shape index (κ3) is 58.5. The van der Waals surface area contributed by atoms with Gasteiger partial charge in [-0.2, -0.15) is 0 Å². The predicted molar refractivity (Wildman–Crippen MR) is 334 cm³/mol. The highest BCUT2D eigenvalue weighted by Crippen LogP contribution is 2.43. The Balaban J connectivity index is 4.78. The van der Waals surface area contributed by atoms with Gasteiger partial charge in [-0.3, -0.25) is 23.4 Å². The molecular formula is C68H113O11P. The van der Waals surface area contributed by atoms with Gasteiger partial charge in [-0.15, -0.1) is 0 Å². The Kier molecular flexibility index (Phi) is 57.8. The van der Waals surface area contributed by atoms with Crippen molar-refractivity contribution in [3.8, 4) is 0 Å². The number of allylic oxidation sites excluding steroid dienone is 20. The largest absolute Gasteiger partial charge is 0.472 e. The summed E-state index contributed by atoms with van der Waals surface area (Å²) in [5.74, 6) is -1.52. The summed E-state index contributed by atoms with van der Waals surface area (Å²) in [6.07, 6.45) is 75.7. The molecule has 0 aliphatic carbocycles. The first kappa shape index (κ1) is 75.9. The van der Waals surface area contributed by atoms with Crippen LogP contribution in [0.3, 0.4) is 0 Å². The highest BCUT2D eigenvalue weighted by Gasteiger charge is 2.28. The number of hydrogen-bond acceptors (Lipinski definition) is 10. The number of carbonyl (C=O) groups excluding carboxylic acids is 3. The Bertz CT molecular complexity index is 1800. The average Bonchev–Trinajstić information content (AvgIpc) is 3.45. The first-order chi connectivity index (χ1) is 39.2. The first-order valence-corrected chi connectivity index (χ1v) is 32.9. The molecule has 2 N–H and O–H groups in total. The van der Waals surface area contributed by atoms with E-state index in [4.69, 9.17) is 23.3 Å². The van der Waals surface area contributed by atoms with Crippen LogP contribution in [0.25, 0.3) is 0 Å². The molecule has 0 aromatic rings. The Morgan fingerprint density at radius 3 is 1.00 bits per heavy atom. The number of aliphatic hydroxyl groups is 1. The summed E-state index contributed by atoms with van der Waals surface area (Å²) >= 11 is 0.